The fraction of sp³-hybridized carbons (Fsp3) is 0.270. The van der Waals surface area contributed by atoms with Crippen LogP contribution in [0, 0.1) is 27.7 Å². The molecule has 3 aromatic carbocycles. The summed E-state index contributed by atoms with van der Waals surface area (Å²) in [5.41, 5.74) is 9.59. The minimum Gasteiger partial charge on any atom is -0.494 e. The zero-order chi connectivity index (χ0) is 31.2. The molecule has 7 rings (SSSR count). The van der Waals surface area contributed by atoms with Crippen LogP contribution in [-0.2, 0) is 6.54 Å². The van der Waals surface area contributed by atoms with E-state index in [1.165, 1.54) is 0 Å². The predicted molar refractivity (Wildman–Crippen MR) is 182 cm³/mol. The van der Waals surface area contributed by atoms with Gasteiger partial charge in [-0.05, 0) is 88.4 Å². The van der Waals surface area contributed by atoms with Crippen LogP contribution >= 0.6 is 11.6 Å². The number of nitrogens with one attached hydrogen (secondary N) is 1. The van der Waals surface area contributed by atoms with E-state index in [4.69, 9.17) is 21.3 Å². The lowest BCUT2D eigenvalue weighted by atomic mass is 10.0. The Morgan fingerprint density at radius 3 is 2.51 bits per heavy atom. The number of fused-ring (bicyclic) bond motifs is 4. The molecule has 0 saturated carbocycles. The number of ether oxygens (including phenoxy) is 1. The highest BCUT2D eigenvalue weighted by Crippen LogP contribution is 2.38. The number of benzene rings is 3. The summed E-state index contributed by atoms with van der Waals surface area (Å²) in [7, 11) is 0. The van der Waals surface area contributed by atoms with E-state index >= 15 is 0 Å². The van der Waals surface area contributed by atoms with Gasteiger partial charge in [0.25, 0.3) is 5.91 Å². The van der Waals surface area contributed by atoms with E-state index in [1.807, 2.05) is 81.1 Å². The summed E-state index contributed by atoms with van der Waals surface area (Å²) in [6, 6.07) is 22.3. The summed E-state index contributed by atoms with van der Waals surface area (Å²) in [6.07, 6.45) is 4.17. The van der Waals surface area contributed by atoms with Crippen molar-refractivity contribution in [2.75, 3.05) is 11.5 Å². The van der Waals surface area contributed by atoms with E-state index in [1.54, 1.807) is 6.20 Å². The second kappa shape index (κ2) is 11.7. The van der Waals surface area contributed by atoms with Gasteiger partial charge in [0.2, 0.25) is 0 Å². The second-order valence-corrected chi connectivity index (χ2v) is 12.4. The number of para-hydroxylation sites is 2. The van der Waals surface area contributed by atoms with Crippen molar-refractivity contribution in [3.8, 4) is 16.9 Å². The highest BCUT2D eigenvalue weighted by molar-refractivity contribution is 6.32. The quantitative estimate of drug-likeness (QED) is 0.182. The molecule has 0 fully saturated rings. The molecule has 6 aromatic rings. The van der Waals surface area contributed by atoms with Crippen LogP contribution in [0.15, 0.2) is 72.9 Å². The number of carbonyl (C=O) groups is 1. The van der Waals surface area contributed by atoms with Crippen LogP contribution in [0.2, 0.25) is 5.02 Å². The monoisotopic (exact) mass is 617 g/mol. The molecular formula is C37H36ClN5O2. The lowest BCUT2D eigenvalue weighted by Crippen LogP contribution is -2.40. The van der Waals surface area contributed by atoms with Gasteiger partial charge in [-0.15, -0.1) is 0 Å². The number of carbonyl (C=O) groups excluding carboxylic acids is 1. The van der Waals surface area contributed by atoms with Crippen molar-refractivity contribution in [1.82, 2.24) is 19.7 Å². The lowest BCUT2D eigenvalue weighted by molar-refractivity contribution is 0.0972. The molecule has 228 valence electrons. The molecular weight excluding hydrogens is 582 g/mol. The lowest BCUT2D eigenvalue weighted by Gasteiger charge is -2.30. The van der Waals surface area contributed by atoms with E-state index in [0.717, 1.165) is 91.2 Å². The van der Waals surface area contributed by atoms with E-state index in [0.29, 0.717) is 18.8 Å². The number of aromatic nitrogens is 4. The van der Waals surface area contributed by atoms with Crippen LogP contribution in [0.25, 0.3) is 32.9 Å². The highest BCUT2D eigenvalue weighted by Gasteiger charge is 2.34. The number of H-pyrrole nitrogens is 1. The number of halogens is 1. The number of rotatable bonds is 7. The molecule has 4 heterocycles. The molecule has 0 saturated heterocycles. The fourth-order valence-electron chi connectivity index (χ4n) is 6.94. The first-order valence-corrected chi connectivity index (χ1v) is 15.9. The number of anilines is 1. The summed E-state index contributed by atoms with van der Waals surface area (Å²) in [4.78, 5) is 21.5. The average molecular weight is 618 g/mol. The van der Waals surface area contributed by atoms with Gasteiger partial charge < -0.3 is 14.2 Å². The molecule has 0 spiro atoms. The van der Waals surface area contributed by atoms with Crippen LogP contribution in [0.4, 0.5) is 5.69 Å². The Bertz CT molecular complexity index is 2030. The first-order valence-electron chi connectivity index (χ1n) is 15.5. The maximum absolute atomic E-state index is 14.8. The minimum absolute atomic E-state index is 0.0108. The molecule has 1 unspecified atom stereocenters. The summed E-state index contributed by atoms with van der Waals surface area (Å²) in [5, 5.41) is 10.4. The SMILES string of the molecule is Cc1cc(OCCCC2CCn3c(cc4cccc(-c5c(C)n[nH]c5C)c43)C(=O)N2c2cccc3cccnc23)cc(C)c1Cl. The first-order chi connectivity index (χ1) is 21.8. The van der Waals surface area contributed by atoms with Crippen LogP contribution < -0.4 is 9.64 Å². The van der Waals surface area contributed by atoms with E-state index in [-0.39, 0.29) is 11.9 Å². The van der Waals surface area contributed by atoms with Crippen molar-refractivity contribution in [3.05, 3.63) is 106 Å². The third kappa shape index (κ3) is 5.15. The summed E-state index contributed by atoms with van der Waals surface area (Å²) in [6.45, 7) is 9.32. The van der Waals surface area contributed by atoms with Gasteiger partial charge in [0.05, 0.1) is 29.0 Å². The third-order valence-electron chi connectivity index (χ3n) is 9.04. The Labute approximate surface area is 267 Å². The normalized spacial score (nSPS) is 15.1. The third-order valence-corrected chi connectivity index (χ3v) is 9.63. The number of hydrogen-bond donors (Lipinski definition) is 1. The predicted octanol–water partition coefficient (Wildman–Crippen LogP) is 8.74. The Kier molecular flexibility index (Phi) is 7.58. The topological polar surface area (TPSA) is 76.0 Å². The molecule has 1 amide bonds. The number of amides is 1. The van der Waals surface area contributed by atoms with Crippen LogP contribution in [0.5, 0.6) is 5.75 Å². The molecule has 0 aliphatic carbocycles. The first kappa shape index (κ1) is 29.1. The van der Waals surface area contributed by atoms with Crippen molar-refractivity contribution in [2.24, 2.45) is 0 Å². The molecule has 1 aliphatic rings. The molecule has 1 aliphatic heterocycles. The summed E-state index contributed by atoms with van der Waals surface area (Å²) >= 11 is 6.37. The Balaban J connectivity index is 1.27. The van der Waals surface area contributed by atoms with Gasteiger partial charge >= 0.3 is 0 Å². The minimum atomic E-state index is -0.0399. The molecule has 45 heavy (non-hydrogen) atoms. The van der Waals surface area contributed by atoms with Crippen molar-refractivity contribution in [3.63, 3.8) is 0 Å². The maximum atomic E-state index is 14.8. The Morgan fingerprint density at radius 1 is 0.978 bits per heavy atom. The summed E-state index contributed by atoms with van der Waals surface area (Å²) in [5.74, 6) is 0.810. The molecule has 0 bridgehead atoms. The second-order valence-electron chi connectivity index (χ2n) is 12.1. The van der Waals surface area contributed by atoms with Crippen molar-refractivity contribution in [1.29, 1.82) is 0 Å². The van der Waals surface area contributed by atoms with E-state index in [9.17, 15) is 4.79 Å². The van der Waals surface area contributed by atoms with E-state index in [2.05, 4.69) is 33.0 Å². The van der Waals surface area contributed by atoms with Crippen LogP contribution in [0.1, 0.15) is 52.3 Å². The van der Waals surface area contributed by atoms with Crippen molar-refractivity contribution >= 4 is 45.0 Å². The van der Waals surface area contributed by atoms with Crippen molar-refractivity contribution < 1.29 is 9.53 Å². The van der Waals surface area contributed by atoms with Gasteiger partial charge in [-0.2, -0.15) is 5.10 Å². The van der Waals surface area contributed by atoms with E-state index < -0.39 is 0 Å². The molecule has 8 heteroatoms. The number of aryl methyl sites for hydroxylation is 5. The standard InChI is InChI=1S/C37H36ClN5O2/c1-22-19-29(20-23(2)34(22)38)45-18-8-12-28-15-17-42-32(37(44)43(28)31-14-6-9-26-11-7-16-39-35(26)31)21-27-10-5-13-30(36(27)42)33-24(3)40-41-25(33)4/h5-7,9-11,13-14,16,19-21,28H,8,12,15,17-18H2,1-4H3,(H,40,41). The van der Waals surface area contributed by atoms with Gasteiger partial charge in [0, 0.05) is 51.4 Å². The summed E-state index contributed by atoms with van der Waals surface area (Å²) < 4.78 is 8.40. The number of nitrogens with zero attached hydrogens (tertiary/aromatic N) is 4. The Hall–Kier alpha value is -4.62. The molecule has 1 N–H and O–H groups in total. The molecule has 3 aromatic heterocycles. The van der Waals surface area contributed by atoms with Gasteiger partial charge in [-0.3, -0.25) is 14.9 Å². The van der Waals surface area contributed by atoms with Gasteiger partial charge in [-0.1, -0.05) is 48.0 Å². The molecule has 1 atom stereocenters. The van der Waals surface area contributed by atoms with Gasteiger partial charge in [0.15, 0.2) is 0 Å². The number of aromatic amines is 1. The van der Waals surface area contributed by atoms with Crippen LogP contribution in [-0.4, -0.2) is 38.3 Å². The van der Waals surface area contributed by atoms with Gasteiger partial charge in [-0.25, -0.2) is 0 Å². The molecule has 7 nitrogen and oxygen atoms in total. The zero-order valence-electron chi connectivity index (χ0n) is 26.0. The fourth-order valence-corrected chi connectivity index (χ4v) is 7.05. The maximum Gasteiger partial charge on any atom is 0.275 e. The smallest absolute Gasteiger partial charge is 0.275 e. The zero-order valence-corrected chi connectivity index (χ0v) is 26.8. The van der Waals surface area contributed by atoms with Crippen LogP contribution in [0.3, 0.4) is 0 Å². The molecule has 0 radical (unpaired) electrons. The largest absolute Gasteiger partial charge is 0.494 e. The Morgan fingerprint density at radius 2 is 1.73 bits per heavy atom. The van der Waals surface area contributed by atoms with Crippen molar-refractivity contribution in [2.45, 2.75) is 59.5 Å². The number of pyridine rings is 1. The number of hydrogen-bond acceptors (Lipinski definition) is 4. The average Bonchev–Trinajstić information content (AvgIpc) is 3.55. The van der Waals surface area contributed by atoms with Gasteiger partial charge in [0.1, 0.15) is 11.4 Å². The highest BCUT2D eigenvalue weighted by atomic mass is 35.5.